The van der Waals surface area contributed by atoms with Gasteiger partial charge in [0, 0.05) is 32.5 Å². The van der Waals surface area contributed by atoms with Crippen LogP contribution >= 0.6 is 0 Å². The van der Waals surface area contributed by atoms with E-state index in [2.05, 4.69) is 19.2 Å². The predicted octanol–water partition coefficient (Wildman–Crippen LogP) is 1.96. The van der Waals surface area contributed by atoms with Crippen molar-refractivity contribution in [3.8, 4) is 0 Å². The normalized spacial score (nSPS) is 16.6. The van der Waals surface area contributed by atoms with E-state index in [4.69, 9.17) is 4.74 Å². The Morgan fingerprint density at radius 2 is 1.90 bits per heavy atom. The van der Waals surface area contributed by atoms with Crippen molar-refractivity contribution in [3.63, 3.8) is 0 Å². The highest BCUT2D eigenvalue weighted by atomic mass is 16.5. The van der Waals surface area contributed by atoms with E-state index in [0.717, 1.165) is 13.0 Å². The average Bonchev–Trinajstić information content (AvgIpc) is 2.53. The number of nitrogens with zero attached hydrogens (tertiary/aromatic N) is 1. The molecule has 122 valence electrons. The molecular formula is C16H30N2O3. The van der Waals surface area contributed by atoms with Gasteiger partial charge in [0.1, 0.15) is 0 Å². The molecule has 1 heterocycles. The Labute approximate surface area is 128 Å². The number of morpholine rings is 1. The number of carbonyl (C=O) groups excluding carboxylic acids is 2. The summed E-state index contributed by atoms with van der Waals surface area (Å²) in [7, 11) is 0. The number of unbranched alkanes of at least 4 members (excludes halogenated alkanes) is 1. The molecule has 0 bridgehead atoms. The molecule has 1 atom stereocenters. The molecule has 0 radical (unpaired) electrons. The van der Waals surface area contributed by atoms with Gasteiger partial charge < -0.3 is 15.0 Å². The van der Waals surface area contributed by atoms with Crippen molar-refractivity contribution in [1.82, 2.24) is 10.2 Å². The molecule has 1 aliphatic heterocycles. The van der Waals surface area contributed by atoms with Gasteiger partial charge in [-0.2, -0.15) is 0 Å². The van der Waals surface area contributed by atoms with Crippen molar-refractivity contribution in [1.29, 1.82) is 0 Å². The van der Waals surface area contributed by atoms with Gasteiger partial charge >= 0.3 is 0 Å². The first-order valence-electron chi connectivity index (χ1n) is 8.29. The first kappa shape index (κ1) is 18.0. The molecule has 0 spiro atoms. The standard InChI is InChI=1S/C16H30N2O3/c1-3-5-6-14(4-2)13-17-15(19)7-8-16(20)18-9-11-21-12-10-18/h14H,3-13H2,1-2H3,(H,17,19)/t14-/m1/s1. The van der Waals surface area contributed by atoms with Crippen molar-refractivity contribution >= 4 is 11.8 Å². The molecule has 1 N–H and O–H groups in total. The fourth-order valence-electron chi connectivity index (χ4n) is 2.48. The number of rotatable bonds is 9. The number of hydrogen-bond acceptors (Lipinski definition) is 3. The second-order valence-corrected chi connectivity index (χ2v) is 5.71. The molecule has 0 unspecified atom stereocenters. The van der Waals surface area contributed by atoms with Crippen LogP contribution in [0.15, 0.2) is 0 Å². The second-order valence-electron chi connectivity index (χ2n) is 5.71. The van der Waals surface area contributed by atoms with Gasteiger partial charge in [-0.25, -0.2) is 0 Å². The fourth-order valence-corrected chi connectivity index (χ4v) is 2.48. The summed E-state index contributed by atoms with van der Waals surface area (Å²) >= 11 is 0. The zero-order valence-electron chi connectivity index (χ0n) is 13.5. The van der Waals surface area contributed by atoms with Crippen LogP contribution in [0.25, 0.3) is 0 Å². The Balaban J connectivity index is 2.16. The van der Waals surface area contributed by atoms with E-state index in [0.29, 0.717) is 45.1 Å². The van der Waals surface area contributed by atoms with E-state index in [9.17, 15) is 9.59 Å². The van der Waals surface area contributed by atoms with Gasteiger partial charge in [-0.3, -0.25) is 9.59 Å². The lowest BCUT2D eigenvalue weighted by Gasteiger charge is -2.26. The predicted molar refractivity (Wildman–Crippen MR) is 82.9 cm³/mol. The first-order valence-corrected chi connectivity index (χ1v) is 8.29. The molecular weight excluding hydrogens is 268 g/mol. The summed E-state index contributed by atoms with van der Waals surface area (Å²) < 4.78 is 5.21. The van der Waals surface area contributed by atoms with Gasteiger partial charge in [-0.05, 0) is 12.3 Å². The second kappa shape index (κ2) is 10.6. The molecule has 21 heavy (non-hydrogen) atoms. The summed E-state index contributed by atoms with van der Waals surface area (Å²) in [6.07, 6.45) is 5.26. The smallest absolute Gasteiger partial charge is 0.223 e. The Bertz CT molecular complexity index is 315. The average molecular weight is 298 g/mol. The number of carbonyl (C=O) groups is 2. The number of nitrogens with one attached hydrogen (secondary N) is 1. The molecule has 1 aliphatic rings. The van der Waals surface area contributed by atoms with Gasteiger partial charge in [0.2, 0.25) is 11.8 Å². The molecule has 0 saturated carbocycles. The monoisotopic (exact) mass is 298 g/mol. The van der Waals surface area contributed by atoms with E-state index in [1.165, 1.54) is 19.3 Å². The summed E-state index contributed by atoms with van der Waals surface area (Å²) in [5.74, 6) is 0.613. The van der Waals surface area contributed by atoms with Crippen molar-refractivity contribution in [2.24, 2.45) is 5.92 Å². The largest absolute Gasteiger partial charge is 0.378 e. The summed E-state index contributed by atoms with van der Waals surface area (Å²) in [6, 6.07) is 0. The number of ether oxygens (including phenoxy) is 1. The van der Waals surface area contributed by atoms with Gasteiger partial charge in [-0.15, -0.1) is 0 Å². The first-order chi connectivity index (χ1) is 10.2. The van der Waals surface area contributed by atoms with Crippen LogP contribution in [0.1, 0.15) is 52.4 Å². The highest BCUT2D eigenvalue weighted by Gasteiger charge is 2.17. The summed E-state index contributed by atoms with van der Waals surface area (Å²) in [5, 5.41) is 2.97. The third kappa shape index (κ3) is 7.46. The Hall–Kier alpha value is -1.10. The molecule has 0 aromatic rings. The molecule has 1 rings (SSSR count). The topological polar surface area (TPSA) is 58.6 Å². The van der Waals surface area contributed by atoms with Crippen LogP contribution in [-0.2, 0) is 14.3 Å². The van der Waals surface area contributed by atoms with Gasteiger partial charge in [-0.1, -0.05) is 33.1 Å². The molecule has 1 saturated heterocycles. The molecule has 2 amide bonds. The Morgan fingerprint density at radius 3 is 2.52 bits per heavy atom. The van der Waals surface area contributed by atoms with Crippen LogP contribution in [0.2, 0.25) is 0 Å². The minimum absolute atomic E-state index is 0.00782. The van der Waals surface area contributed by atoms with Gasteiger partial charge in [0.05, 0.1) is 13.2 Å². The zero-order valence-corrected chi connectivity index (χ0v) is 13.5. The fraction of sp³-hybridized carbons (Fsp3) is 0.875. The number of hydrogen-bond donors (Lipinski definition) is 1. The van der Waals surface area contributed by atoms with Crippen LogP contribution < -0.4 is 5.32 Å². The van der Waals surface area contributed by atoms with Crippen LogP contribution in [0.5, 0.6) is 0 Å². The van der Waals surface area contributed by atoms with Gasteiger partial charge in [0.25, 0.3) is 0 Å². The van der Waals surface area contributed by atoms with Crippen molar-refractivity contribution in [2.75, 3.05) is 32.8 Å². The van der Waals surface area contributed by atoms with E-state index in [-0.39, 0.29) is 11.8 Å². The zero-order chi connectivity index (χ0) is 15.5. The van der Waals surface area contributed by atoms with Crippen LogP contribution in [0.3, 0.4) is 0 Å². The minimum Gasteiger partial charge on any atom is -0.378 e. The SMILES string of the molecule is CCCC[C@@H](CC)CNC(=O)CCC(=O)N1CCOCC1. The van der Waals surface area contributed by atoms with Gasteiger partial charge in [0.15, 0.2) is 0 Å². The lowest BCUT2D eigenvalue weighted by Crippen LogP contribution is -2.41. The molecule has 0 aliphatic carbocycles. The third-order valence-electron chi connectivity index (χ3n) is 4.06. The number of amides is 2. The summed E-state index contributed by atoms with van der Waals surface area (Å²) in [5.41, 5.74) is 0. The maximum absolute atomic E-state index is 11.9. The Morgan fingerprint density at radius 1 is 1.19 bits per heavy atom. The quantitative estimate of drug-likeness (QED) is 0.708. The van der Waals surface area contributed by atoms with Crippen LogP contribution in [0, 0.1) is 5.92 Å². The highest BCUT2D eigenvalue weighted by Crippen LogP contribution is 2.11. The van der Waals surface area contributed by atoms with Crippen LogP contribution in [-0.4, -0.2) is 49.6 Å². The third-order valence-corrected chi connectivity index (χ3v) is 4.06. The minimum atomic E-state index is -0.00782. The lowest BCUT2D eigenvalue weighted by atomic mass is 9.99. The van der Waals surface area contributed by atoms with E-state index >= 15 is 0 Å². The molecule has 0 aromatic carbocycles. The summed E-state index contributed by atoms with van der Waals surface area (Å²) in [6.45, 7) is 7.59. The van der Waals surface area contributed by atoms with Crippen LogP contribution in [0.4, 0.5) is 0 Å². The van der Waals surface area contributed by atoms with Crippen molar-refractivity contribution in [3.05, 3.63) is 0 Å². The molecule has 5 nitrogen and oxygen atoms in total. The van der Waals surface area contributed by atoms with Crippen molar-refractivity contribution < 1.29 is 14.3 Å². The van der Waals surface area contributed by atoms with Crippen molar-refractivity contribution in [2.45, 2.75) is 52.4 Å². The molecule has 1 fully saturated rings. The van der Waals surface area contributed by atoms with E-state index in [1.54, 1.807) is 4.90 Å². The lowest BCUT2D eigenvalue weighted by molar-refractivity contribution is -0.137. The highest BCUT2D eigenvalue weighted by molar-refractivity contribution is 5.83. The van der Waals surface area contributed by atoms with E-state index in [1.807, 2.05) is 0 Å². The Kier molecular flexibility index (Phi) is 9.06. The maximum Gasteiger partial charge on any atom is 0.223 e. The molecule has 5 heteroatoms. The molecule has 0 aromatic heterocycles. The summed E-state index contributed by atoms with van der Waals surface area (Å²) in [4.78, 5) is 25.5. The maximum atomic E-state index is 11.9. The van der Waals surface area contributed by atoms with E-state index < -0.39 is 0 Å².